The number of para-hydroxylation sites is 1. The number of amides is 1. The molecular formula is C15H16ClNO3. The first-order valence-electron chi connectivity index (χ1n) is 6.77. The first-order valence-corrected chi connectivity index (χ1v) is 7.15. The van der Waals surface area contributed by atoms with Gasteiger partial charge in [0, 0.05) is 25.1 Å². The Morgan fingerprint density at radius 1 is 1.50 bits per heavy atom. The van der Waals surface area contributed by atoms with E-state index < -0.39 is 0 Å². The Kier molecular flexibility index (Phi) is 3.68. The molecule has 1 saturated heterocycles. The Morgan fingerprint density at radius 3 is 3.10 bits per heavy atom. The van der Waals surface area contributed by atoms with Gasteiger partial charge >= 0.3 is 0 Å². The van der Waals surface area contributed by atoms with Gasteiger partial charge in [-0.05, 0) is 30.9 Å². The number of hydrogen-bond acceptors (Lipinski definition) is 3. The first-order chi connectivity index (χ1) is 9.69. The largest absolute Gasteiger partial charge is 0.449 e. The number of piperidine rings is 1. The highest BCUT2D eigenvalue weighted by atomic mass is 35.5. The number of carbonyl (C=O) groups is 1. The summed E-state index contributed by atoms with van der Waals surface area (Å²) >= 11 is 6.05. The number of rotatable bonds is 2. The van der Waals surface area contributed by atoms with Gasteiger partial charge in [0.15, 0.2) is 11.3 Å². The molecule has 0 spiro atoms. The Morgan fingerprint density at radius 2 is 2.35 bits per heavy atom. The highest BCUT2D eigenvalue weighted by Gasteiger charge is 2.26. The van der Waals surface area contributed by atoms with Crippen molar-refractivity contribution < 1.29 is 14.3 Å². The highest BCUT2D eigenvalue weighted by molar-refractivity contribution is 6.34. The Balaban J connectivity index is 1.86. The Labute approximate surface area is 121 Å². The lowest BCUT2D eigenvalue weighted by Gasteiger charge is -2.31. The van der Waals surface area contributed by atoms with Crippen LogP contribution in [0.15, 0.2) is 28.7 Å². The molecule has 0 saturated carbocycles. The fourth-order valence-electron chi connectivity index (χ4n) is 2.69. The zero-order valence-corrected chi connectivity index (χ0v) is 11.8. The van der Waals surface area contributed by atoms with Gasteiger partial charge in [-0.1, -0.05) is 23.7 Å². The van der Waals surface area contributed by atoms with Crippen molar-refractivity contribution in [1.29, 1.82) is 0 Å². The lowest BCUT2D eigenvalue weighted by molar-refractivity contribution is 0.0592. The molecule has 0 aliphatic carbocycles. The Bertz CT molecular complexity index is 637. The number of furan rings is 1. The number of likely N-dealkylation sites (tertiary alicyclic amines) is 1. The van der Waals surface area contributed by atoms with E-state index in [-0.39, 0.29) is 18.4 Å². The molecule has 0 radical (unpaired) electrons. The van der Waals surface area contributed by atoms with E-state index >= 15 is 0 Å². The number of fused-ring (bicyclic) bond motifs is 1. The smallest absolute Gasteiger partial charge is 0.289 e. The third kappa shape index (κ3) is 2.41. The molecule has 1 aromatic carbocycles. The molecular weight excluding hydrogens is 278 g/mol. The minimum absolute atomic E-state index is 0.121. The zero-order chi connectivity index (χ0) is 14.1. The molecule has 3 rings (SSSR count). The molecule has 1 aliphatic heterocycles. The predicted octanol–water partition coefficient (Wildman–Crippen LogP) is 2.93. The highest BCUT2D eigenvalue weighted by Crippen LogP contribution is 2.28. The van der Waals surface area contributed by atoms with Gasteiger partial charge in [0.2, 0.25) is 0 Å². The number of halogens is 1. The average Bonchev–Trinajstić information content (AvgIpc) is 2.92. The fourth-order valence-corrected chi connectivity index (χ4v) is 2.91. The predicted molar refractivity (Wildman–Crippen MR) is 76.9 cm³/mol. The van der Waals surface area contributed by atoms with Gasteiger partial charge in [-0.25, -0.2) is 0 Å². The van der Waals surface area contributed by atoms with Crippen LogP contribution >= 0.6 is 11.6 Å². The second-order valence-electron chi connectivity index (χ2n) is 5.21. The molecule has 106 valence electrons. The van der Waals surface area contributed by atoms with Crippen LogP contribution in [0.25, 0.3) is 11.0 Å². The zero-order valence-electron chi connectivity index (χ0n) is 11.0. The van der Waals surface area contributed by atoms with Gasteiger partial charge in [0.25, 0.3) is 5.91 Å². The quantitative estimate of drug-likeness (QED) is 0.926. The maximum absolute atomic E-state index is 12.4. The van der Waals surface area contributed by atoms with Crippen molar-refractivity contribution in [3.63, 3.8) is 0 Å². The van der Waals surface area contributed by atoms with Crippen LogP contribution in [0, 0.1) is 5.92 Å². The summed E-state index contributed by atoms with van der Waals surface area (Å²) < 4.78 is 5.60. The van der Waals surface area contributed by atoms with Crippen molar-refractivity contribution in [3.8, 4) is 0 Å². The van der Waals surface area contributed by atoms with Crippen molar-refractivity contribution >= 4 is 28.5 Å². The van der Waals surface area contributed by atoms with Crippen LogP contribution < -0.4 is 0 Å². The van der Waals surface area contributed by atoms with Crippen LogP contribution in [0.3, 0.4) is 0 Å². The van der Waals surface area contributed by atoms with Crippen LogP contribution in [-0.2, 0) is 0 Å². The van der Waals surface area contributed by atoms with Crippen LogP contribution in [-0.4, -0.2) is 35.6 Å². The maximum atomic E-state index is 12.4. The molecule has 1 N–H and O–H groups in total. The normalized spacial score (nSPS) is 19.5. The molecule has 1 fully saturated rings. The summed E-state index contributed by atoms with van der Waals surface area (Å²) in [5, 5.41) is 10.6. The van der Waals surface area contributed by atoms with Crippen molar-refractivity contribution in [1.82, 2.24) is 4.90 Å². The maximum Gasteiger partial charge on any atom is 0.289 e. The molecule has 4 nitrogen and oxygen atoms in total. The molecule has 1 atom stereocenters. The van der Waals surface area contributed by atoms with Crippen molar-refractivity contribution in [2.75, 3.05) is 19.7 Å². The molecule has 1 amide bonds. The molecule has 0 bridgehead atoms. The first kappa shape index (κ1) is 13.5. The fraction of sp³-hybridized carbons (Fsp3) is 0.400. The topological polar surface area (TPSA) is 53.7 Å². The monoisotopic (exact) mass is 293 g/mol. The number of hydrogen-bond donors (Lipinski definition) is 1. The summed E-state index contributed by atoms with van der Waals surface area (Å²) in [6.07, 6.45) is 1.88. The van der Waals surface area contributed by atoms with Gasteiger partial charge < -0.3 is 14.4 Å². The van der Waals surface area contributed by atoms with Gasteiger partial charge in [-0.3, -0.25) is 4.79 Å². The lowest BCUT2D eigenvalue weighted by atomic mass is 9.99. The number of aliphatic hydroxyl groups is 1. The summed E-state index contributed by atoms with van der Waals surface area (Å²) in [5.41, 5.74) is 0.549. The number of aliphatic hydroxyl groups excluding tert-OH is 1. The lowest BCUT2D eigenvalue weighted by Crippen LogP contribution is -2.40. The van der Waals surface area contributed by atoms with E-state index in [4.69, 9.17) is 16.0 Å². The summed E-state index contributed by atoms with van der Waals surface area (Å²) in [4.78, 5) is 14.2. The minimum Gasteiger partial charge on any atom is -0.449 e. The molecule has 1 unspecified atom stereocenters. The van der Waals surface area contributed by atoms with Crippen LogP contribution in [0.1, 0.15) is 23.4 Å². The van der Waals surface area contributed by atoms with Crippen LogP contribution in [0.5, 0.6) is 0 Å². The number of nitrogens with zero attached hydrogens (tertiary/aromatic N) is 1. The van der Waals surface area contributed by atoms with E-state index in [2.05, 4.69) is 0 Å². The van der Waals surface area contributed by atoms with Gasteiger partial charge in [-0.15, -0.1) is 0 Å². The van der Waals surface area contributed by atoms with Crippen molar-refractivity contribution in [3.05, 3.63) is 35.0 Å². The molecule has 5 heteroatoms. The van der Waals surface area contributed by atoms with Crippen LogP contribution in [0.4, 0.5) is 0 Å². The molecule has 1 aromatic heterocycles. The Hall–Kier alpha value is -1.52. The van der Waals surface area contributed by atoms with E-state index in [1.54, 1.807) is 17.0 Å². The van der Waals surface area contributed by atoms with Crippen LogP contribution in [0.2, 0.25) is 5.02 Å². The minimum atomic E-state index is -0.129. The van der Waals surface area contributed by atoms with E-state index in [1.165, 1.54) is 0 Å². The summed E-state index contributed by atoms with van der Waals surface area (Å²) in [5.74, 6) is 0.350. The standard InChI is InChI=1S/C15H16ClNO3/c16-12-5-1-4-11-7-13(20-14(11)12)15(19)17-6-2-3-10(8-17)9-18/h1,4-5,7,10,18H,2-3,6,8-9H2. The second kappa shape index (κ2) is 5.46. The SMILES string of the molecule is O=C(c1cc2cccc(Cl)c2o1)N1CCCC(CO)C1. The number of carbonyl (C=O) groups excluding carboxylic acids is 1. The van der Waals surface area contributed by atoms with Gasteiger partial charge in [0.1, 0.15) is 0 Å². The van der Waals surface area contributed by atoms with Crippen molar-refractivity contribution in [2.24, 2.45) is 5.92 Å². The van der Waals surface area contributed by atoms with Gasteiger partial charge in [0.05, 0.1) is 5.02 Å². The van der Waals surface area contributed by atoms with E-state index in [9.17, 15) is 9.90 Å². The molecule has 1 aliphatic rings. The molecule has 20 heavy (non-hydrogen) atoms. The molecule has 2 heterocycles. The average molecular weight is 294 g/mol. The third-order valence-corrected chi connectivity index (χ3v) is 4.07. The summed E-state index contributed by atoms with van der Waals surface area (Å²) in [6.45, 7) is 1.41. The molecule has 2 aromatic rings. The van der Waals surface area contributed by atoms with Gasteiger partial charge in [-0.2, -0.15) is 0 Å². The van der Waals surface area contributed by atoms with Crippen molar-refractivity contribution in [2.45, 2.75) is 12.8 Å². The van der Waals surface area contributed by atoms with E-state index in [1.807, 2.05) is 12.1 Å². The number of benzene rings is 1. The third-order valence-electron chi connectivity index (χ3n) is 3.77. The summed E-state index contributed by atoms with van der Waals surface area (Å²) in [7, 11) is 0. The van der Waals surface area contributed by atoms with E-state index in [0.717, 1.165) is 18.2 Å². The second-order valence-corrected chi connectivity index (χ2v) is 5.62. The summed E-state index contributed by atoms with van der Waals surface area (Å²) in [6, 6.07) is 7.17. The van der Waals surface area contributed by atoms with E-state index in [0.29, 0.717) is 29.5 Å².